The number of carbonyl (C=O) groups excluding carboxylic acids is 1. The van der Waals surface area contributed by atoms with Crippen molar-refractivity contribution in [2.24, 2.45) is 0 Å². The second-order valence-corrected chi connectivity index (χ2v) is 6.60. The lowest BCUT2D eigenvalue weighted by Gasteiger charge is -2.11. The molecule has 0 amide bonds. The molecule has 0 unspecified atom stereocenters. The lowest BCUT2D eigenvalue weighted by atomic mass is 10.2. The third kappa shape index (κ3) is 4.37. The van der Waals surface area contributed by atoms with E-state index in [1.54, 1.807) is 25.1 Å². The highest BCUT2D eigenvalue weighted by Gasteiger charge is 2.31. The minimum Gasteiger partial charge on any atom is -0.462 e. The Balaban J connectivity index is 1.84. The predicted molar refractivity (Wildman–Crippen MR) is 109 cm³/mol. The second-order valence-electron chi connectivity index (χ2n) is 6.60. The summed E-state index contributed by atoms with van der Waals surface area (Å²) in [5.41, 5.74) is 3.07. The number of fused-ring (bicyclic) bond motifs is 1. The number of halogens is 3. The number of alkyl halides is 3. The van der Waals surface area contributed by atoms with Crippen LogP contribution in [0.1, 0.15) is 17.3 Å². The van der Waals surface area contributed by atoms with Crippen LogP contribution in [0.5, 0.6) is 5.75 Å². The molecule has 0 atom stereocenters. The summed E-state index contributed by atoms with van der Waals surface area (Å²) in [5.74, 6) is -0.252. The fourth-order valence-electron chi connectivity index (χ4n) is 3.26. The maximum atomic E-state index is 12.5. The summed E-state index contributed by atoms with van der Waals surface area (Å²) in [5, 5.41) is 0. The fraction of sp³-hybridized carbons (Fsp3) is 0.130. The van der Waals surface area contributed by atoms with E-state index in [0.717, 1.165) is 11.2 Å². The van der Waals surface area contributed by atoms with Gasteiger partial charge < -0.3 is 9.47 Å². The number of imidazole rings is 1. The first-order valence-electron chi connectivity index (χ1n) is 9.47. The molecule has 0 N–H and O–H groups in total. The fourth-order valence-corrected chi connectivity index (χ4v) is 3.26. The van der Waals surface area contributed by atoms with E-state index in [2.05, 4.69) is 9.72 Å². The normalized spacial score (nSPS) is 11.5. The zero-order valence-electron chi connectivity index (χ0n) is 16.4. The molecule has 1 aromatic heterocycles. The van der Waals surface area contributed by atoms with E-state index < -0.39 is 12.3 Å². The van der Waals surface area contributed by atoms with Gasteiger partial charge in [-0.1, -0.05) is 18.2 Å². The van der Waals surface area contributed by atoms with Gasteiger partial charge in [0.1, 0.15) is 11.6 Å². The number of rotatable bonds is 5. The van der Waals surface area contributed by atoms with Crippen LogP contribution >= 0.6 is 0 Å². The molecule has 4 rings (SSSR count). The number of hydrogen-bond donors (Lipinski definition) is 0. The van der Waals surface area contributed by atoms with Crippen LogP contribution in [0.4, 0.5) is 13.2 Å². The summed E-state index contributed by atoms with van der Waals surface area (Å²) in [6.07, 6.45) is -4.76. The summed E-state index contributed by atoms with van der Waals surface area (Å²) >= 11 is 0. The number of para-hydroxylation sites is 1. The number of esters is 1. The van der Waals surface area contributed by atoms with Crippen LogP contribution in [0.3, 0.4) is 0 Å². The van der Waals surface area contributed by atoms with Crippen LogP contribution in [0.15, 0.2) is 72.8 Å². The zero-order valence-corrected chi connectivity index (χ0v) is 16.4. The number of carbonyl (C=O) groups is 1. The van der Waals surface area contributed by atoms with E-state index in [0.29, 0.717) is 22.5 Å². The summed E-state index contributed by atoms with van der Waals surface area (Å²) in [7, 11) is 0. The van der Waals surface area contributed by atoms with Crippen molar-refractivity contribution >= 4 is 17.0 Å². The number of aromatic nitrogens is 2. The van der Waals surface area contributed by atoms with E-state index in [4.69, 9.17) is 4.74 Å². The quantitative estimate of drug-likeness (QED) is 0.380. The van der Waals surface area contributed by atoms with Crippen molar-refractivity contribution in [3.05, 3.63) is 78.4 Å². The molecule has 31 heavy (non-hydrogen) atoms. The van der Waals surface area contributed by atoms with Crippen molar-refractivity contribution in [1.82, 2.24) is 9.55 Å². The van der Waals surface area contributed by atoms with E-state index in [-0.39, 0.29) is 12.4 Å². The summed E-state index contributed by atoms with van der Waals surface area (Å²) in [4.78, 5) is 16.8. The third-order valence-electron chi connectivity index (χ3n) is 4.53. The maximum absolute atomic E-state index is 12.5. The van der Waals surface area contributed by atoms with Gasteiger partial charge in [0.05, 0.1) is 23.2 Å². The Kier molecular flexibility index (Phi) is 5.37. The molecule has 0 aliphatic carbocycles. The highest BCUT2D eigenvalue weighted by molar-refractivity contribution is 5.95. The minimum atomic E-state index is -4.76. The summed E-state index contributed by atoms with van der Waals surface area (Å²) in [6.45, 7) is 1.98. The molecule has 8 heteroatoms. The van der Waals surface area contributed by atoms with Gasteiger partial charge in [-0.3, -0.25) is 4.57 Å². The number of nitrogens with zero attached hydrogens (tertiary/aromatic N) is 2. The van der Waals surface area contributed by atoms with Gasteiger partial charge in [-0.05, 0) is 61.5 Å². The smallest absolute Gasteiger partial charge is 0.462 e. The SMILES string of the molecule is CCOC(=O)c1ccc2c(c1)nc(-c1ccc(OC(F)(F)F)cc1)n2-c1ccccc1. The molecular formula is C23H17F3N2O3. The first kappa shape index (κ1) is 20.5. The minimum absolute atomic E-state index is 0.257. The largest absolute Gasteiger partial charge is 0.573 e. The van der Waals surface area contributed by atoms with E-state index >= 15 is 0 Å². The van der Waals surface area contributed by atoms with Crippen LogP contribution in [0, 0.1) is 0 Å². The lowest BCUT2D eigenvalue weighted by molar-refractivity contribution is -0.274. The Bertz CT molecular complexity index is 1220. The van der Waals surface area contributed by atoms with Gasteiger partial charge in [0.15, 0.2) is 0 Å². The van der Waals surface area contributed by atoms with Crippen molar-refractivity contribution in [2.45, 2.75) is 13.3 Å². The number of hydrogen-bond acceptors (Lipinski definition) is 4. The summed E-state index contributed by atoms with van der Waals surface area (Å²) in [6, 6.07) is 20.0. The zero-order chi connectivity index (χ0) is 22.0. The highest BCUT2D eigenvalue weighted by atomic mass is 19.4. The molecule has 0 aliphatic heterocycles. The number of benzene rings is 3. The molecule has 4 aromatic rings. The monoisotopic (exact) mass is 426 g/mol. The molecule has 0 radical (unpaired) electrons. The molecule has 0 bridgehead atoms. The average Bonchev–Trinajstić information content (AvgIpc) is 3.12. The third-order valence-corrected chi connectivity index (χ3v) is 4.53. The summed E-state index contributed by atoms with van der Waals surface area (Å²) < 4.78 is 48.3. The first-order chi connectivity index (χ1) is 14.9. The van der Waals surface area contributed by atoms with Crippen LogP contribution in [-0.4, -0.2) is 28.5 Å². The first-order valence-corrected chi connectivity index (χ1v) is 9.47. The van der Waals surface area contributed by atoms with E-state index in [1.807, 2.05) is 34.9 Å². The molecular weight excluding hydrogens is 409 g/mol. The van der Waals surface area contributed by atoms with Gasteiger partial charge in [-0.15, -0.1) is 13.2 Å². The molecule has 0 aliphatic rings. The van der Waals surface area contributed by atoms with Gasteiger partial charge in [0.2, 0.25) is 0 Å². The lowest BCUT2D eigenvalue weighted by Crippen LogP contribution is -2.16. The van der Waals surface area contributed by atoms with E-state index in [1.165, 1.54) is 24.3 Å². The van der Waals surface area contributed by atoms with Crippen molar-refractivity contribution in [3.63, 3.8) is 0 Å². The van der Waals surface area contributed by atoms with Gasteiger partial charge in [-0.25, -0.2) is 9.78 Å². The van der Waals surface area contributed by atoms with Gasteiger partial charge in [-0.2, -0.15) is 0 Å². The van der Waals surface area contributed by atoms with Crippen LogP contribution in [0.25, 0.3) is 28.1 Å². The molecule has 0 saturated carbocycles. The van der Waals surface area contributed by atoms with Crippen molar-refractivity contribution in [2.75, 3.05) is 6.61 Å². The molecule has 0 saturated heterocycles. The molecule has 0 fully saturated rings. The van der Waals surface area contributed by atoms with Gasteiger partial charge in [0, 0.05) is 11.3 Å². The maximum Gasteiger partial charge on any atom is 0.573 e. The van der Waals surface area contributed by atoms with Crippen LogP contribution in [-0.2, 0) is 4.74 Å². The molecule has 3 aromatic carbocycles. The van der Waals surface area contributed by atoms with Crippen LogP contribution < -0.4 is 4.74 Å². The predicted octanol–water partition coefficient (Wildman–Crippen LogP) is 5.77. The average molecular weight is 426 g/mol. The Morgan fingerprint density at radius 2 is 1.71 bits per heavy atom. The highest BCUT2D eigenvalue weighted by Crippen LogP contribution is 2.31. The van der Waals surface area contributed by atoms with Crippen molar-refractivity contribution in [3.8, 4) is 22.8 Å². The van der Waals surface area contributed by atoms with Gasteiger partial charge >= 0.3 is 12.3 Å². The topological polar surface area (TPSA) is 53.4 Å². The van der Waals surface area contributed by atoms with Gasteiger partial charge in [0.25, 0.3) is 0 Å². The standard InChI is InChI=1S/C23H17F3N2O3/c1-2-30-22(29)16-10-13-20-19(14-16)27-21(28(20)17-6-4-3-5-7-17)15-8-11-18(12-9-15)31-23(24,25)26/h3-14H,2H2,1H3. The van der Waals surface area contributed by atoms with Crippen molar-refractivity contribution in [1.29, 1.82) is 0 Å². The Labute approximate surface area is 175 Å². The van der Waals surface area contributed by atoms with Crippen LogP contribution in [0.2, 0.25) is 0 Å². The Morgan fingerprint density at radius 3 is 2.35 bits per heavy atom. The second kappa shape index (κ2) is 8.14. The Morgan fingerprint density at radius 1 is 1.00 bits per heavy atom. The molecule has 5 nitrogen and oxygen atoms in total. The molecule has 0 spiro atoms. The number of ether oxygens (including phenoxy) is 2. The molecule has 158 valence electrons. The van der Waals surface area contributed by atoms with E-state index in [9.17, 15) is 18.0 Å². The van der Waals surface area contributed by atoms with Crippen molar-refractivity contribution < 1.29 is 27.4 Å². The molecule has 1 heterocycles. The Hall–Kier alpha value is -3.81.